The molecule has 0 spiro atoms. The third-order valence-corrected chi connectivity index (χ3v) is 4.93. The standard InChI is InChI=1S/C20H24N8O2/c1-14-4-5-21-16(10-14)24-17-11-18(23-13-22-17)27-6-8-28(9-7-27)20(29)15-12-26(2)25-19(15)30-3/h4-5,10-13H,6-9H2,1-3H3,(H,21,22,23,24). The van der Waals surface area contributed by atoms with E-state index in [-0.39, 0.29) is 5.91 Å². The molecule has 0 saturated carbocycles. The Balaban J connectivity index is 1.41. The number of nitrogens with zero attached hydrogens (tertiary/aromatic N) is 7. The molecule has 4 rings (SSSR count). The van der Waals surface area contributed by atoms with Crippen molar-refractivity contribution in [1.82, 2.24) is 29.6 Å². The molecule has 3 aromatic rings. The van der Waals surface area contributed by atoms with Crippen molar-refractivity contribution in [3.63, 3.8) is 0 Å². The highest BCUT2D eigenvalue weighted by Crippen LogP contribution is 2.21. The van der Waals surface area contributed by atoms with Crippen molar-refractivity contribution in [3.8, 4) is 5.88 Å². The molecule has 0 atom stereocenters. The first kappa shape index (κ1) is 19.6. The summed E-state index contributed by atoms with van der Waals surface area (Å²) in [4.78, 5) is 29.8. The summed E-state index contributed by atoms with van der Waals surface area (Å²) in [6.45, 7) is 4.53. The Labute approximate surface area is 174 Å². The summed E-state index contributed by atoms with van der Waals surface area (Å²) < 4.78 is 6.80. The Morgan fingerprint density at radius 2 is 1.87 bits per heavy atom. The Morgan fingerprint density at radius 1 is 1.10 bits per heavy atom. The third-order valence-electron chi connectivity index (χ3n) is 4.93. The van der Waals surface area contributed by atoms with Gasteiger partial charge in [-0.3, -0.25) is 9.48 Å². The van der Waals surface area contributed by atoms with Gasteiger partial charge in [-0.1, -0.05) is 0 Å². The van der Waals surface area contributed by atoms with Crippen molar-refractivity contribution in [2.45, 2.75) is 6.92 Å². The van der Waals surface area contributed by atoms with Gasteiger partial charge in [0.1, 0.15) is 29.3 Å². The zero-order valence-electron chi connectivity index (χ0n) is 17.2. The zero-order valence-corrected chi connectivity index (χ0v) is 17.2. The van der Waals surface area contributed by atoms with E-state index in [1.165, 1.54) is 13.4 Å². The molecule has 156 valence electrons. The Morgan fingerprint density at radius 3 is 2.60 bits per heavy atom. The van der Waals surface area contributed by atoms with E-state index in [0.29, 0.717) is 43.4 Å². The van der Waals surface area contributed by atoms with Crippen LogP contribution in [0.15, 0.2) is 36.9 Å². The Hall–Kier alpha value is -3.69. The maximum absolute atomic E-state index is 12.9. The number of nitrogens with one attached hydrogen (secondary N) is 1. The predicted octanol–water partition coefficient (Wildman–Crippen LogP) is 1.63. The number of aromatic nitrogens is 5. The van der Waals surface area contributed by atoms with Gasteiger partial charge >= 0.3 is 0 Å². The predicted molar refractivity (Wildman–Crippen MR) is 112 cm³/mol. The second kappa shape index (κ2) is 8.36. The SMILES string of the molecule is COc1nn(C)cc1C(=O)N1CCN(c2cc(Nc3cc(C)ccn3)ncn2)CC1. The molecule has 4 heterocycles. The molecular formula is C20H24N8O2. The van der Waals surface area contributed by atoms with Gasteiger partial charge in [-0.15, -0.1) is 5.10 Å². The number of carbonyl (C=O) groups excluding carboxylic acids is 1. The molecule has 1 fully saturated rings. The smallest absolute Gasteiger partial charge is 0.261 e. The number of carbonyl (C=O) groups is 1. The summed E-state index contributed by atoms with van der Waals surface area (Å²) in [5.74, 6) is 2.50. The molecule has 1 saturated heterocycles. The fourth-order valence-corrected chi connectivity index (χ4v) is 3.40. The van der Waals surface area contributed by atoms with E-state index >= 15 is 0 Å². The largest absolute Gasteiger partial charge is 0.479 e. The van der Waals surface area contributed by atoms with E-state index in [1.54, 1.807) is 24.1 Å². The van der Waals surface area contributed by atoms with Gasteiger partial charge in [0.05, 0.1) is 7.11 Å². The van der Waals surface area contributed by atoms with Gasteiger partial charge in [-0.05, 0) is 24.6 Å². The lowest BCUT2D eigenvalue weighted by Crippen LogP contribution is -2.49. The second-order valence-electron chi connectivity index (χ2n) is 7.11. The molecule has 3 aromatic heterocycles. The topological polar surface area (TPSA) is 101 Å². The van der Waals surface area contributed by atoms with Crippen LogP contribution in [-0.4, -0.2) is 68.8 Å². The minimum absolute atomic E-state index is 0.0739. The molecule has 1 N–H and O–H groups in total. The van der Waals surface area contributed by atoms with Gasteiger partial charge in [0.2, 0.25) is 5.88 Å². The van der Waals surface area contributed by atoms with Crippen molar-refractivity contribution < 1.29 is 9.53 Å². The van der Waals surface area contributed by atoms with Crippen LogP contribution < -0.4 is 15.0 Å². The molecule has 30 heavy (non-hydrogen) atoms. The van der Waals surface area contributed by atoms with E-state index < -0.39 is 0 Å². The van der Waals surface area contributed by atoms with Crippen molar-refractivity contribution in [2.75, 3.05) is 43.5 Å². The zero-order chi connectivity index (χ0) is 21.1. The number of aryl methyl sites for hydroxylation is 2. The minimum atomic E-state index is -0.0739. The van der Waals surface area contributed by atoms with Gasteiger partial charge in [0.25, 0.3) is 5.91 Å². The first-order valence-corrected chi connectivity index (χ1v) is 9.67. The summed E-state index contributed by atoms with van der Waals surface area (Å²) in [6, 6.07) is 5.79. The molecule has 1 amide bonds. The molecule has 10 heteroatoms. The number of methoxy groups -OCH3 is 1. The third kappa shape index (κ3) is 4.17. The number of pyridine rings is 1. The van der Waals surface area contributed by atoms with Crippen molar-refractivity contribution >= 4 is 23.4 Å². The van der Waals surface area contributed by atoms with E-state index in [1.807, 2.05) is 30.0 Å². The van der Waals surface area contributed by atoms with Crippen LogP contribution in [0.4, 0.5) is 17.5 Å². The summed E-state index contributed by atoms with van der Waals surface area (Å²) in [7, 11) is 3.29. The molecule has 0 bridgehead atoms. The van der Waals surface area contributed by atoms with E-state index in [2.05, 4.69) is 30.3 Å². The van der Waals surface area contributed by atoms with E-state index in [9.17, 15) is 4.79 Å². The molecule has 1 aliphatic heterocycles. The lowest BCUT2D eigenvalue weighted by atomic mass is 10.2. The van der Waals surface area contributed by atoms with Crippen molar-refractivity contribution in [2.24, 2.45) is 7.05 Å². The van der Waals surface area contributed by atoms with Gasteiger partial charge in [-0.25, -0.2) is 15.0 Å². The maximum Gasteiger partial charge on any atom is 0.261 e. The van der Waals surface area contributed by atoms with Gasteiger partial charge in [0, 0.05) is 51.7 Å². The number of hydrogen-bond acceptors (Lipinski definition) is 8. The second-order valence-corrected chi connectivity index (χ2v) is 7.11. The average Bonchev–Trinajstić information content (AvgIpc) is 3.14. The molecule has 0 radical (unpaired) electrons. The van der Waals surface area contributed by atoms with Crippen LogP contribution in [0, 0.1) is 6.92 Å². The normalized spacial score (nSPS) is 14.0. The van der Waals surface area contributed by atoms with Crippen LogP contribution in [-0.2, 0) is 7.05 Å². The number of ether oxygens (including phenoxy) is 1. The lowest BCUT2D eigenvalue weighted by Gasteiger charge is -2.35. The highest BCUT2D eigenvalue weighted by Gasteiger charge is 2.26. The van der Waals surface area contributed by atoms with Crippen LogP contribution >= 0.6 is 0 Å². The first-order chi connectivity index (χ1) is 14.5. The fourth-order valence-electron chi connectivity index (χ4n) is 3.40. The quantitative estimate of drug-likeness (QED) is 0.680. The molecule has 1 aliphatic rings. The van der Waals surface area contributed by atoms with Crippen LogP contribution in [0.3, 0.4) is 0 Å². The number of amides is 1. The van der Waals surface area contributed by atoms with Crippen LogP contribution in [0.1, 0.15) is 15.9 Å². The van der Waals surface area contributed by atoms with Crippen molar-refractivity contribution in [3.05, 3.63) is 48.0 Å². The molecule has 10 nitrogen and oxygen atoms in total. The number of rotatable bonds is 5. The Kier molecular flexibility index (Phi) is 5.46. The molecule has 0 unspecified atom stereocenters. The van der Waals surface area contributed by atoms with Gasteiger partial charge in [-0.2, -0.15) is 0 Å². The fraction of sp³-hybridized carbons (Fsp3) is 0.350. The maximum atomic E-state index is 12.9. The minimum Gasteiger partial charge on any atom is -0.479 e. The molecular weight excluding hydrogens is 384 g/mol. The lowest BCUT2D eigenvalue weighted by molar-refractivity contribution is 0.0743. The highest BCUT2D eigenvalue weighted by atomic mass is 16.5. The number of hydrogen-bond donors (Lipinski definition) is 1. The van der Waals surface area contributed by atoms with Crippen molar-refractivity contribution in [1.29, 1.82) is 0 Å². The molecule has 0 aromatic carbocycles. The number of piperazine rings is 1. The van der Waals surface area contributed by atoms with Gasteiger partial charge < -0.3 is 19.9 Å². The van der Waals surface area contributed by atoms with E-state index in [0.717, 1.165) is 17.2 Å². The van der Waals surface area contributed by atoms with Crippen LogP contribution in [0.25, 0.3) is 0 Å². The van der Waals surface area contributed by atoms with Crippen LogP contribution in [0.2, 0.25) is 0 Å². The average molecular weight is 408 g/mol. The summed E-state index contributed by atoms with van der Waals surface area (Å²) in [5.41, 5.74) is 1.60. The first-order valence-electron chi connectivity index (χ1n) is 9.67. The summed E-state index contributed by atoms with van der Waals surface area (Å²) >= 11 is 0. The summed E-state index contributed by atoms with van der Waals surface area (Å²) in [5, 5.41) is 7.38. The summed E-state index contributed by atoms with van der Waals surface area (Å²) in [6.07, 6.45) is 4.98. The number of anilines is 3. The van der Waals surface area contributed by atoms with E-state index in [4.69, 9.17) is 4.74 Å². The highest BCUT2D eigenvalue weighted by molar-refractivity contribution is 5.96. The van der Waals surface area contributed by atoms with Crippen LogP contribution in [0.5, 0.6) is 5.88 Å². The Bertz CT molecular complexity index is 1040. The molecule has 0 aliphatic carbocycles. The monoisotopic (exact) mass is 408 g/mol. The van der Waals surface area contributed by atoms with Gasteiger partial charge in [0.15, 0.2) is 0 Å².